The van der Waals surface area contributed by atoms with Crippen molar-refractivity contribution >= 4 is 11.2 Å². The molecular weight excluding hydrogens is 184 g/mol. The zero-order chi connectivity index (χ0) is 9.42. The van der Waals surface area contributed by atoms with Gasteiger partial charge < -0.3 is 4.55 Å². The SMILES string of the molecule is CC(C)c1cc2n(n1)C[S+]([O-])CC2. The molecule has 0 aliphatic carbocycles. The van der Waals surface area contributed by atoms with Crippen LogP contribution in [0, 0.1) is 0 Å². The van der Waals surface area contributed by atoms with E-state index in [-0.39, 0.29) is 0 Å². The van der Waals surface area contributed by atoms with Gasteiger partial charge in [-0.3, -0.25) is 0 Å². The quantitative estimate of drug-likeness (QED) is 0.638. The fraction of sp³-hybridized carbons (Fsp3) is 0.667. The third kappa shape index (κ3) is 1.74. The van der Waals surface area contributed by atoms with Gasteiger partial charge in [0.15, 0.2) is 5.88 Å². The maximum atomic E-state index is 11.3. The summed E-state index contributed by atoms with van der Waals surface area (Å²) in [7, 11) is 0. The van der Waals surface area contributed by atoms with E-state index in [0.29, 0.717) is 11.8 Å². The first kappa shape index (κ1) is 9.09. The van der Waals surface area contributed by atoms with Gasteiger partial charge >= 0.3 is 0 Å². The van der Waals surface area contributed by atoms with Gasteiger partial charge in [-0.05, 0) is 23.2 Å². The Bertz CT molecular complexity index is 309. The molecule has 0 fully saturated rings. The van der Waals surface area contributed by atoms with Crippen LogP contribution in [0.2, 0.25) is 0 Å². The van der Waals surface area contributed by atoms with Crippen LogP contribution in [0.3, 0.4) is 0 Å². The molecule has 0 aromatic carbocycles. The van der Waals surface area contributed by atoms with Crippen molar-refractivity contribution in [3.63, 3.8) is 0 Å². The van der Waals surface area contributed by atoms with E-state index in [9.17, 15) is 4.55 Å². The number of hydrogen-bond acceptors (Lipinski definition) is 2. The Kier molecular flexibility index (Phi) is 2.34. The zero-order valence-electron chi connectivity index (χ0n) is 7.99. The van der Waals surface area contributed by atoms with E-state index >= 15 is 0 Å². The predicted molar refractivity (Wildman–Crippen MR) is 53.0 cm³/mol. The average Bonchev–Trinajstić information content (AvgIpc) is 2.46. The van der Waals surface area contributed by atoms with Crippen molar-refractivity contribution in [2.24, 2.45) is 0 Å². The highest BCUT2D eigenvalue weighted by atomic mass is 32.2. The Morgan fingerprint density at radius 3 is 3.08 bits per heavy atom. The highest BCUT2D eigenvalue weighted by molar-refractivity contribution is 7.90. The first-order chi connectivity index (χ1) is 6.16. The summed E-state index contributed by atoms with van der Waals surface area (Å²) in [5.74, 6) is 1.84. The Hall–Kier alpha value is -0.480. The summed E-state index contributed by atoms with van der Waals surface area (Å²) in [4.78, 5) is 0. The molecule has 1 aliphatic rings. The molecule has 1 aliphatic heterocycles. The molecule has 2 heterocycles. The molecule has 72 valence electrons. The number of hydrogen-bond donors (Lipinski definition) is 0. The summed E-state index contributed by atoms with van der Waals surface area (Å²) in [6.07, 6.45) is 0.909. The van der Waals surface area contributed by atoms with Crippen LogP contribution in [0.5, 0.6) is 0 Å². The molecule has 1 aromatic heterocycles. The highest BCUT2D eigenvalue weighted by Crippen LogP contribution is 2.19. The van der Waals surface area contributed by atoms with Gasteiger partial charge in [0.05, 0.1) is 5.69 Å². The summed E-state index contributed by atoms with van der Waals surface area (Å²) in [6.45, 7) is 4.26. The van der Waals surface area contributed by atoms with Gasteiger partial charge in [-0.15, -0.1) is 0 Å². The van der Waals surface area contributed by atoms with Gasteiger partial charge in [0, 0.05) is 12.1 Å². The fourth-order valence-electron chi connectivity index (χ4n) is 1.49. The Labute approximate surface area is 81.3 Å². The van der Waals surface area contributed by atoms with Gasteiger partial charge in [0.25, 0.3) is 0 Å². The van der Waals surface area contributed by atoms with E-state index in [0.717, 1.165) is 17.9 Å². The maximum Gasteiger partial charge on any atom is 0.197 e. The van der Waals surface area contributed by atoms with Crippen molar-refractivity contribution in [1.29, 1.82) is 0 Å². The number of aromatic nitrogens is 2. The van der Waals surface area contributed by atoms with Crippen LogP contribution in [0.25, 0.3) is 0 Å². The summed E-state index contributed by atoms with van der Waals surface area (Å²) in [5.41, 5.74) is 2.36. The molecule has 0 saturated carbocycles. The molecule has 0 N–H and O–H groups in total. The molecule has 0 amide bonds. The molecule has 0 radical (unpaired) electrons. The van der Waals surface area contributed by atoms with Crippen molar-refractivity contribution in [3.05, 3.63) is 17.5 Å². The molecule has 0 saturated heterocycles. The van der Waals surface area contributed by atoms with Crippen LogP contribution in [0.15, 0.2) is 6.07 Å². The first-order valence-corrected chi connectivity index (χ1v) is 6.07. The topological polar surface area (TPSA) is 40.9 Å². The van der Waals surface area contributed by atoms with E-state index < -0.39 is 11.2 Å². The Morgan fingerprint density at radius 2 is 2.38 bits per heavy atom. The minimum atomic E-state index is -0.701. The summed E-state index contributed by atoms with van der Waals surface area (Å²) in [5, 5.41) is 4.42. The average molecular weight is 198 g/mol. The third-order valence-electron chi connectivity index (χ3n) is 2.33. The van der Waals surface area contributed by atoms with Crippen LogP contribution in [-0.4, -0.2) is 20.1 Å². The minimum absolute atomic E-state index is 0.464. The van der Waals surface area contributed by atoms with Crippen molar-refractivity contribution < 1.29 is 4.55 Å². The van der Waals surface area contributed by atoms with Crippen LogP contribution >= 0.6 is 0 Å². The maximum absolute atomic E-state index is 11.3. The molecule has 13 heavy (non-hydrogen) atoms. The second-order valence-corrected chi connectivity index (χ2v) is 5.28. The predicted octanol–water partition coefficient (Wildman–Crippen LogP) is 1.27. The third-order valence-corrected chi connectivity index (χ3v) is 3.52. The smallest absolute Gasteiger partial charge is 0.197 e. The monoisotopic (exact) mass is 198 g/mol. The van der Waals surface area contributed by atoms with Gasteiger partial charge in [0.1, 0.15) is 5.75 Å². The number of nitrogens with zero attached hydrogens (tertiary/aromatic N) is 2. The molecule has 0 bridgehead atoms. The van der Waals surface area contributed by atoms with Crippen molar-refractivity contribution in [2.75, 3.05) is 5.75 Å². The number of fused-ring (bicyclic) bond motifs is 1. The molecule has 1 aromatic rings. The minimum Gasteiger partial charge on any atom is -0.615 e. The first-order valence-electron chi connectivity index (χ1n) is 4.58. The van der Waals surface area contributed by atoms with Gasteiger partial charge in [0.2, 0.25) is 0 Å². The molecule has 4 heteroatoms. The van der Waals surface area contributed by atoms with Crippen molar-refractivity contribution in [2.45, 2.75) is 32.1 Å². The number of aryl methyl sites for hydroxylation is 1. The van der Waals surface area contributed by atoms with E-state index in [1.54, 1.807) is 0 Å². The molecular formula is C9H14N2OS. The van der Waals surface area contributed by atoms with Gasteiger partial charge in [-0.1, -0.05) is 13.8 Å². The molecule has 0 spiro atoms. The summed E-state index contributed by atoms with van der Waals surface area (Å²) in [6, 6.07) is 2.14. The van der Waals surface area contributed by atoms with Crippen molar-refractivity contribution in [3.8, 4) is 0 Å². The second kappa shape index (κ2) is 3.35. The van der Waals surface area contributed by atoms with Crippen LogP contribution in [0.4, 0.5) is 0 Å². The molecule has 1 atom stereocenters. The lowest BCUT2D eigenvalue weighted by Gasteiger charge is -2.17. The normalized spacial score (nSPS) is 22.0. The Morgan fingerprint density at radius 1 is 1.62 bits per heavy atom. The molecule has 1 unspecified atom stereocenters. The van der Waals surface area contributed by atoms with E-state index in [1.165, 1.54) is 5.69 Å². The summed E-state index contributed by atoms with van der Waals surface area (Å²) < 4.78 is 13.2. The molecule has 2 rings (SSSR count). The highest BCUT2D eigenvalue weighted by Gasteiger charge is 2.20. The number of rotatable bonds is 1. The largest absolute Gasteiger partial charge is 0.615 e. The van der Waals surface area contributed by atoms with E-state index in [4.69, 9.17) is 0 Å². The van der Waals surface area contributed by atoms with E-state index in [2.05, 4.69) is 25.0 Å². The van der Waals surface area contributed by atoms with Crippen LogP contribution in [0.1, 0.15) is 31.2 Å². The van der Waals surface area contributed by atoms with Gasteiger partial charge in [-0.25, -0.2) is 4.68 Å². The van der Waals surface area contributed by atoms with Crippen LogP contribution in [-0.2, 0) is 23.5 Å². The van der Waals surface area contributed by atoms with Crippen LogP contribution < -0.4 is 0 Å². The second-order valence-electron chi connectivity index (χ2n) is 3.74. The van der Waals surface area contributed by atoms with Crippen molar-refractivity contribution in [1.82, 2.24) is 9.78 Å². The van der Waals surface area contributed by atoms with E-state index in [1.807, 2.05) is 4.68 Å². The summed E-state index contributed by atoms with van der Waals surface area (Å²) >= 11 is -0.701. The van der Waals surface area contributed by atoms with Gasteiger partial charge in [-0.2, -0.15) is 5.10 Å². The standard InChI is InChI=1S/C9H14N2OS/c1-7(2)9-5-8-3-4-13(12)6-11(8)10-9/h5,7H,3-4,6H2,1-2H3. The zero-order valence-corrected chi connectivity index (χ0v) is 8.80. The Balaban J connectivity index is 2.28. The fourth-order valence-corrected chi connectivity index (χ4v) is 2.55. The molecule has 3 nitrogen and oxygen atoms in total. The lowest BCUT2D eigenvalue weighted by molar-refractivity contribution is 0.553. The lowest BCUT2D eigenvalue weighted by atomic mass is 10.1. The lowest BCUT2D eigenvalue weighted by Crippen LogP contribution is -2.24.